The summed E-state index contributed by atoms with van der Waals surface area (Å²) >= 11 is 0. The van der Waals surface area contributed by atoms with E-state index in [1.807, 2.05) is 12.1 Å². The first kappa shape index (κ1) is 25.8. The third-order valence-electron chi connectivity index (χ3n) is 5.98. The second-order valence-corrected chi connectivity index (χ2v) is 9.68. The molecule has 3 atom stereocenters. The van der Waals surface area contributed by atoms with Crippen molar-refractivity contribution in [3.05, 3.63) is 77.4 Å². The molecule has 1 aliphatic carbocycles. The van der Waals surface area contributed by atoms with E-state index >= 15 is 0 Å². The van der Waals surface area contributed by atoms with Gasteiger partial charge in [0.15, 0.2) is 0 Å². The number of fused-ring (bicyclic) bond motifs is 3. The maximum Gasteiger partial charge on any atom is 0.673 e. The van der Waals surface area contributed by atoms with Gasteiger partial charge in [-0.3, -0.25) is 0 Å². The minimum atomic E-state index is -6.00. The van der Waals surface area contributed by atoms with E-state index in [0.29, 0.717) is 24.0 Å². The van der Waals surface area contributed by atoms with Crippen LogP contribution in [0.2, 0.25) is 0 Å². The monoisotopic (exact) mass is 478 g/mol. The standard InChI is InChI=1S/C25H31N2O2.BF4/c1-27(2,3)16-7-17-29-25(28)19-14-12-18(13-15-19)24-22-10-6-9-20(22)21-8-4-5-11-23(21)26-24;2-1(3,4)5/h4-6,8-9,11-15,20,22,24,26H,7,10,16-17H2,1-3H3;/q+1;-1. The summed E-state index contributed by atoms with van der Waals surface area (Å²) in [6.07, 6.45) is 6.59. The van der Waals surface area contributed by atoms with Crippen LogP contribution in [0.3, 0.4) is 0 Å². The number of allylic oxidation sites excluding steroid dienone is 2. The minimum Gasteiger partial charge on any atom is -0.462 e. The molecule has 3 unspecified atom stereocenters. The Bertz CT molecular complexity index is 997. The number of nitrogens with one attached hydrogen (secondary N) is 1. The molecule has 0 saturated carbocycles. The van der Waals surface area contributed by atoms with Crippen LogP contribution < -0.4 is 5.32 Å². The first-order valence-electron chi connectivity index (χ1n) is 11.4. The second-order valence-electron chi connectivity index (χ2n) is 9.68. The van der Waals surface area contributed by atoms with E-state index in [1.165, 1.54) is 16.8 Å². The van der Waals surface area contributed by atoms with Crippen LogP contribution in [0.15, 0.2) is 60.7 Å². The van der Waals surface area contributed by atoms with Gasteiger partial charge in [-0.2, -0.15) is 0 Å². The third-order valence-corrected chi connectivity index (χ3v) is 5.98. The second kappa shape index (κ2) is 10.6. The third kappa shape index (κ3) is 7.35. The van der Waals surface area contributed by atoms with Crippen LogP contribution in [0.4, 0.5) is 23.0 Å². The summed E-state index contributed by atoms with van der Waals surface area (Å²) in [4.78, 5) is 12.4. The van der Waals surface area contributed by atoms with Gasteiger partial charge in [0, 0.05) is 18.0 Å². The molecule has 1 heterocycles. The molecule has 9 heteroatoms. The molecule has 4 rings (SSSR count). The Kier molecular flexibility index (Phi) is 8.07. The van der Waals surface area contributed by atoms with Crippen LogP contribution in [0.5, 0.6) is 0 Å². The fourth-order valence-electron chi connectivity index (χ4n) is 4.49. The molecule has 0 amide bonds. The number of quaternary nitrogens is 1. The summed E-state index contributed by atoms with van der Waals surface area (Å²) in [5.74, 6) is 0.738. The molecule has 184 valence electrons. The molecule has 1 N–H and O–H groups in total. The van der Waals surface area contributed by atoms with Gasteiger partial charge in [0.2, 0.25) is 0 Å². The lowest BCUT2D eigenvalue weighted by Gasteiger charge is -2.37. The molecule has 0 spiro atoms. The number of hydrogen-bond donors (Lipinski definition) is 1. The Morgan fingerprint density at radius 3 is 2.35 bits per heavy atom. The maximum absolute atomic E-state index is 12.4. The van der Waals surface area contributed by atoms with E-state index in [4.69, 9.17) is 4.74 Å². The molecule has 0 radical (unpaired) electrons. The Morgan fingerprint density at radius 1 is 1.06 bits per heavy atom. The zero-order valence-corrected chi connectivity index (χ0v) is 19.7. The zero-order valence-electron chi connectivity index (χ0n) is 19.7. The molecule has 1 aliphatic heterocycles. The van der Waals surface area contributed by atoms with Crippen molar-refractivity contribution in [3.8, 4) is 0 Å². The number of para-hydroxylation sites is 1. The van der Waals surface area contributed by atoms with Gasteiger partial charge >= 0.3 is 13.2 Å². The minimum absolute atomic E-state index is 0.236. The van der Waals surface area contributed by atoms with Gasteiger partial charge in [-0.05, 0) is 41.7 Å². The normalized spacial score (nSPS) is 21.0. The van der Waals surface area contributed by atoms with E-state index in [-0.39, 0.29) is 12.0 Å². The average Bonchev–Trinajstić information content (AvgIpc) is 3.25. The highest BCUT2D eigenvalue weighted by Crippen LogP contribution is 2.49. The van der Waals surface area contributed by atoms with Gasteiger partial charge in [-0.15, -0.1) is 0 Å². The van der Waals surface area contributed by atoms with Gasteiger partial charge in [-0.1, -0.05) is 42.5 Å². The fraction of sp³-hybridized carbons (Fsp3) is 0.400. The summed E-state index contributed by atoms with van der Waals surface area (Å²) in [7, 11) is 0.425. The lowest BCUT2D eigenvalue weighted by atomic mass is 9.77. The van der Waals surface area contributed by atoms with Crippen LogP contribution in [0.25, 0.3) is 0 Å². The van der Waals surface area contributed by atoms with Crippen LogP contribution in [-0.2, 0) is 4.74 Å². The van der Waals surface area contributed by atoms with E-state index in [1.54, 1.807) is 0 Å². The van der Waals surface area contributed by atoms with Crippen molar-refractivity contribution in [2.75, 3.05) is 39.6 Å². The van der Waals surface area contributed by atoms with Gasteiger partial charge in [0.25, 0.3) is 0 Å². The van der Waals surface area contributed by atoms with E-state index in [2.05, 4.69) is 75.0 Å². The molecule has 2 aromatic rings. The van der Waals surface area contributed by atoms with Gasteiger partial charge in [-0.25, -0.2) is 4.79 Å². The van der Waals surface area contributed by atoms with Crippen molar-refractivity contribution in [2.45, 2.75) is 24.8 Å². The van der Waals surface area contributed by atoms with Crippen molar-refractivity contribution >= 4 is 18.9 Å². The number of halogens is 4. The largest absolute Gasteiger partial charge is 0.673 e. The molecule has 4 nitrogen and oxygen atoms in total. The number of carbonyl (C=O) groups is 1. The molecular weight excluding hydrogens is 447 g/mol. The molecule has 2 aromatic carbocycles. The number of nitrogens with zero attached hydrogens (tertiary/aromatic N) is 1. The summed E-state index contributed by atoms with van der Waals surface area (Å²) in [6.45, 7) is 1.45. The number of benzene rings is 2. The SMILES string of the molecule is C[N+](C)(C)CCCOC(=O)c1ccc(C2Nc3ccccc3C3C=CCC32)cc1.F[B-](F)(F)F. The van der Waals surface area contributed by atoms with Crippen LogP contribution in [-0.4, -0.2) is 52.0 Å². The Balaban J connectivity index is 0.000000588. The Hall–Kier alpha value is -2.81. The molecule has 0 fully saturated rings. The van der Waals surface area contributed by atoms with Crippen molar-refractivity contribution < 1.29 is 31.3 Å². The predicted octanol–water partition coefficient (Wildman–Crippen LogP) is 6.07. The molecule has 2 aliphatic rings. The van der Waals surface area contributed by atoms with Crippen molar-refractivity contribution in [1.82, 2.24) is 0 Å². The summed E-state index contributed by atoms with van der Waals surface area (Å²) in [5.41, 5.74) is 4.44. The topological polar surface area (TPSA) is 38.3 Å². The molecule has 34 heavy (non-hydrogen) atoms. The number of ether oxygens (including phenoxy) is 1. The zero-order chi connectivity index (χ0) is 24.9. The molecule has 0 aromatic heterocycles. The van der Waals surface area contributed by atoms with E-state index < -0.39 is 7.25 Å². The van der Waals surface area contributed by atoms with Gasteiger partial charge in [0.05, 0.1) is 45.9 Å². The highest BCUT2D eigenvalue weighted by molar-refractivity contribution is 6.50. The smallest absolute Gasteiger partial charge is 0.462 e. The molecule has 0 bridgehead atoms. The van der Waals surface area contributed by atoms with E-state index in [0.717, 1.165) is 23.9 Å². The number of carbonyl (C=O) groups excluding carboxylic acids is 1. The predicted molar refractivity (Wildman–Crippen MR) is 127 cm³/mol. The number of esters is 1. The number of hydrogen-bond acceptors (Lipinski definition) is 3. The summed E-state index contributed by atoms with van der Waals surface area (Å²) in [6, 6.07) is 16.8. The number of rotatable bonds is 6. The quantitative estimate of drug-likeness (QED) is 0.137. The molecular formula is C25H31BF4N2O2. The van der Waals surface area contributed by atoms with Crippen LogP contribution in [0.1, 0.15) is 46.3 Å². The van der Waals surface area contributed by atoms with Crippen molar-refractivity contribution in [1.29, 1.82) is 0 Å². The van der Waals surface area contributed by atoms with Gasteiger partial charge in [0.1, 0.15) is 0 Å². The van der Waals surface area contributed by atoms with Crippen molar-refractivity contribution in [2.24, 2.45) is 5.92 Å². The maximum atomic E-state index is 12.4. The lowest BCUT2D eigenvalue weighted by Crippen LogP contribution is -2.35. The molecule has 0 saturated heterocycles. The fourth-order valence-corrected chi connectivity index (χ4v) is 4.49. The van der Waals surface area contributed by atoms with Crippen LogP contribution in [0, 0.1) is 5.92 Å². The summed E-state index contributed by atoms with van der Waals surface area (Å²) < 4.78 is 45.3. The highest BCUT2D eigenvalue weighted by Gasteiger charge is 2.37. The first-order valence-corrected chi connectivity index (χ1v) is 11.4. The first-order chi connectivity index (χ1) is 15.9. The van der Waals surface area contributed by atoms with Crippen molar-refractivity contribution in [3.63, 3.8) is 0 Å². The van der Waals surface area contributed by atoms with Crippen LogP contribution >= 0.6 is 0 Å². The average molecular weight is 478 g/mol. The Labute approximate surface area is 198 Å². The highest BCUT2D eigenvalue weighted by atomic mass is 19.5. The van der Waals surface area contributed by atoms with E-state index in [9.17, 15) is 22.1 Å². The number of anilines is 1. The Morgan fingerprint density at radius 2 is 1.71 bits per heavy atom. The summed E-state index contributed by atoms with van der Waals surface area (Å²) in [5, 5.41) is 3.73. The lowest BCUT2D eigenvalue weighted by molar-refractivity contribution is -0.870. The van der Waals surface area contributed by atoms with Gasteiger partial charge < -0.3 is 31.8 Å².